The van der Waals surface area contributed by atoms with Gasteiger partial charge >= 0.3 is 0 Å². The third-order valence-corrected chi connectivity index (χ3v) is 3.34. The predicted molar refractivity (Wildman–Crippen MR) is 75.6 cm³/mol. The highest BCUT2D eigenvalue weighted by Crippen LogP contribution is 2.25. The summed E-state index contributed by atoms with van der Waals surface area (Å²) >= 11 is -2.65. The number of hydrogen-bond acceptors (Lipinski definition) is 4. The lowest BCUT2D eigenvalue weighted by molar-refractivity contribution is 0.0984. The fourth-order valence-electron chi connectivity index (χ4n) is 2.21. The second-order valence-corrected chi connectivity index (χ2v) is 4.86. The van der Waals surface area contributed by atoms with E-state index in [1.165, 1.54) is 0 Å². The number of nitrogens with zero attached hydrogens (tertiary/aromatic N) is 1. The number of carbonyl (C=O) groups excluding carboxylic acids is 1. The molecular weight excluding hydrogens is 276 g/mol. The van der Waals surface area contributed by atoms with Gasteiger partial charge in [-0.3, -0.25) is 13.7 Å². The van der Waals surface area contributed by atoms with E-state index in [1.54, 1.807) is 36.4 Å². The average Bonchev–Trinajstić information content (AvgIpc) is 2.43. The molecule has 2 aromatic carbocycles. The van der Waals surface area contributed by atoms with E-state index in [1.807, 2.05) is 16.9 Å². The Hall–Kier alpha value is -2.31. The Morgan fingerprint density at radius 1 is 1.00 bits per heavy atom. The van der Waals surface area contributed by atoms with E-state index in [-0.39, 0.29) is 0 Å². The Balaban J connectivity index is 2.39. The molecule has 5 nitrogen and oxygen atoms in total. The standard InChI is InChI=1S/C14H10N2O3S/c17-14(16-20(18)19)13-9-5-1-3-7-11(9)15-12-8-4-2-6-10(12)13/h1-8H,(H,16,17)(H,18,19)/p-1. The van der Waals surface area contributed by atoms with Crippen LogP contribution in [0.25, 0.3) is 21.8 Å². The normalized spacial score (nSPS) is 12.4. The van der Waals surface area contributed by atoms with Crippen LogP contribution in [0, 0.1) is 0 Å². The first-order chi connectivity index (χ1) is 9.66. The summed E-state index contributed by atoms with van der Waals surface area (Å²) in [5, 5.41) is 1.24. The maximum absolute atomic E-state index is 12.2. The monoisotopic (exact) mass is 285 g/mol. The molecule has 0 saturated carbocycles. The van der Waals surface area contributed by atoms with Gasteiger partial charge in [-0.1, -0.05) is 36.4 Å². The minimum absolute atomic E-state index is 0.315. The maximum atomic E-state index is 12.2. The Kier molecular flexibility index (Phi) is 3.17. The van der Waals surface area contributed by atoms with Gasteiger partial charge in [-0.2, -0.15) is 0 Å². The molecule has 1 unspecified atom stereocenters. The SMILES string of the molecule is O=C(NS(=O)[O-])c1c2ccccc2nc2ccccc12. The first kappa shape index (κ1) is 12.7. The minimum atomic E-state index is -2.65. The van der Waals surface area contributed by atoms with Crippen molar-refractivity contribution in [2.45, 2.75) is 0 Å². The van der Waals surface area contributed by atoms with E-state index in [4.69, 9.17) is 0 Å². The molecule has 0 aliphatic heterocycles. The molecule has 1 atom stereocenters. The van der Waals surface area contributed by atoms with E-state index in [0.29, 0.717) is 27.4 Å². The number of para-hydroxylation sites is 2. The summed E-state index contributed by atoms with van der Waals surface area (Å²) in [5.41, 5.74) is 1.61. The van der Waals surface area contributed by atoms with Gasteiger partial charge in [-0.15, -0.1) is 0 Å². The van der Waals surface area contributed by atoms with Crippen LogP contribution >= 0.6 is 0 Å². The van der Waals surface area contributed by atoms with Gasteiger partial charge in [0, 0.05) is 22.0 Å². The van der Waals surface area contributed by atoms with E-state index in [2.05, 4.69) is 4.98 Å². The molecular formula is C14H9N2O3S-. The van der Waals surface area contributed by atoms with Crippen LogP contribution in [0.1, 0.15) is 10.4 Å². The molecule has 3 rings (SSSR count). The van der Waals surface area contributed by atoms with Gasteiger partial charge in [0.25, 0.3) is 5.91 Å². The number of benzene rings is 2. The van der Waals surface area contributed by atoms with Crippen LogP contribution in [-0.2, 0) is 11.3 Å². The summed E-state index contributed by atoms with van der Waals surface area (Å²) in [7, 11) is 0. The van der Waals surface area contributed by atoms with Crippen LogP contribution in [0.4, 0.5) is 0 Å². The Labute approximate surface area is 117 Å². The maximum Gasteiger partial charge on any atom is 0.263 e. The molecule has 1 N–H and O–H groups in total. The van der Waals surface area contributed by atoms with Crippen molar-refractivity contribution < 1.29 is 13.6 Å². The smallest absolute Gasteiger partial charge is 0.263 e. The molecule has 0 fully saturated rings. The molecule has 1 heterocycles. The zero-order valence-electron chi connectivity index (χ0n) is 10.2. The summed E-state index contributed by atoms with van der Waals surface area (Å²) < 4.78 is 23.3. The van der Waals surface area contributed by atoms with Crippen LogP contribution in [-0.4, -0.2) is 19.7 Å². The van der Waals surface area contributed by atoms with Gasteiger partial charge in [-0.05, 0) is 12.1 Å². The van der Waals surface area contributed by atoms with Crippen molar-refractivity contribution in [2.75, 3.05) is 0 Å². The van der Waals surface area contributed by atoms with Crippen molar-refractivity contribution >= 4 is 39.0 Å². The highest BCUT2D eigenvalue weighted by molar-refractivity contribution is 7.77. The molecule has 20 heavy (non-hydrogen) atoms. The summed E-state index contributed by atoms with van der Waals surface area (Å²) in [5.74, 6) is -0.659. The Morgan fingerprint density at radius 3 is 2.00 bits per heavy atom. The number of rotatable bonds is 2. The lowest BCUT2D eigenvalue weighted by atomic mass is 10.0. The van der Waals surface area contributed by atoms with Crippen molar-refractivity contribution in [1.82, 2.24) is 9.71 Å². The number of fused-ring (bicyclic) bond motifs is 2. The van der Waals surface area contributed by atoms with Crippen molar-refractivity contribution in [3.63, 3.8) is 0 Å². The molecule has 0 bridgehead atoms. The summed E-state index contributed by atoms with van der Waals surface area (Å²) in [4.78, 5) is 16.6. The summed E-state index contributed by atoms with van der Waals surface area (Å²) in [6.45, 7) is 0. The van der Waals surface area contributed by atoms with Crippen LogP contribution in [0.2, 0.25) is 0 Å². The Bertz CT molecular complexity index is 794. The molecule has 100 valence electrons. The van der Waals surface area contributed by atoms with E-state index < -0.39 is 17.2 Å². The van der Waals surface area contributed by atoms with Crippen LogP contribution in [0.5, 0.6) is 0 Å². The van der Waals surface area contributed by atoms with Crippen LogP contribution in [0.3, 0.4) is 0 Å². The van der Waals surface area contributed by atoms with Gasteiger partial charge in [0.2, 0.25) is 0 Å². The molecule has 1 aromatic heterocycles. The van der Waals surface area contributed by atoms with Crippen LogP contribution in [0.15, 0.2) is 48.5 Å². The van der Waals surface area contributed by atoms with Gasteiger partial charge in [-0.25, -0.2) is 4.98 Å². The molecule has 0 aliphatic carbocycles. The molecule has 1 amide bonds. The van der Waals surface area contributed by atoms with E-state index in [9.17, 15) is 13.6 Å². The van der Waals surface area contributed by atoms with Gasteiger partial charge in [0.1, 0.15) is 0 Å². The topological polar surface area (TPSA) is 82.1 Å². The zero-order valence-corrected chi connectivity index (χ0v) is 11.0. The summed E-state index contributed by atoms with van der Waals surface area (Å²) in [6.07, 6.45) is 0. The number of aromatic nitrogens is 1. The van der Waals surface area contributed by atoms with Gasteiger partial charge in [0.05, 0.1) is 16.6 Å². The van der Waals surface area contributed by atoms with Crippen molar-refractivity contribution in [2.24, 2.45) is 0 Å². The quantitative estimate of drug-likeness (QED) is 0.576. The van der Waals surface area contributed by atoms with Gasteiger partial charge in [0.15, 0.2) is 0 Å². The van der Waals surface area contributed by atoms with E-state index >= 15 is 0 Å². The number of hydrogen-bond donors (Lipinski definition) is 1. The molecule has 0 radical (unpaired) electrons. The highest BCUT2D eigenvalue weighted by atomic mass is 32.2. The average molecular weight is 285 g/mol. The lowest BCUT2D eigenvalue weighted by Gasteiger charge is -2.12. The van der Waals surface area contributed by atoms with Crippen molar-refractivity contribution in [3.05, 3.63) is 54.1 Å². The second kappa shape index (κ2) is 4.99. The number of pyridine rings is 1. The van der Waals surface area contributed by atoms with Crippen molar-refractivity contribution in [1.29, 1.82) is 0 Å². The minimum Gasteiger partial charge on any atom is -0.755 e. The first-order valence-corrected chi connectivity index (χ1v) is 6.92. The predicted octanol–water partition coefficient (Wildman–Crippen LogP) is 1.91. The molecule has 3 aromatic rings. The fourth-order valence-corrected chi connectivity index (χ4v) is 2.46. The zero-order chi connectivity index (χ0) is 14.1. The molecule has 0 aliphatic rings. The molecule has 0 spiro atoms. The fraction of sp³-hybridized carbons (Fsp3) is 0. The Morgan fingerprint density at radius 2 is 1.50 bits per heavy atom. The number of carbonyl (C=O) groups is 1. The van der Waals surface area contributed by atoms with Crippen molar-refractivity contribution in [3.8, 4) is 0 Å². The molecule has 0 saturated heterocycles. The third-order valence-electron chi connectivity index (χ3n) is 2.99. The second-order valence-electron chi connectivity index (χ2n) is 4.19. The number of nitrogens with one attached hydrogen (secondary N) is 1. The highest BCUT2D eigenvalue weighted by Gasteiger charge is 2.15. The first-order valence-electron chi connectivity index (χ1n) is 5.84. The van der Waals surface area contributed by atoms with E-state index in [0.717, 1.165) is 0 Å². The largest absolute Gasteiger partial charge is 0.755 e. The lowest BCUT2D eigenvalue weighted by Crippen LogP contribution is -2.25. The third kappa shape index (κ3) is 2.15. The molecule has 6 heteroatoms. The van der Waals surface area contributed by atoms with Crippen LogP contribution < -0.4 is 4.72 Å². The van der Waals surface area contributed by atoms with Gasteiger partial charge < -0.3 is 4.55 Å². The summed E-state index contributed by atoms with van der Waals surface area (Å²) in [6, 6.07) is 14.3. The number of amides is 1.